The Morgan fingerprint density at radius 1 is 1.00 bits per heavy atom. The van der Waals surface area contributed by atoms with E-state index in [2.05, 4.69) is 10.2 Å². The minimum absolute atomic E-state index is 0.142. The molecule has 7 nitrogen and oxygen atoms in total. The van der Waals surface area contributed by atoms with Gasteiger partial charge in [0, 0.05) is 31.1 Å². The van der Waals surface area contributed by atoms with E-state index in [4.69, 9.17) is 4.74 Å². The largest absolute Gasteiger partial charge is 0.489 e. The van der Waals surface area contributed by atoms with Crippen molar-refractivity contribution in [3.63, 3.8) is 0 Å². The summed E-state index contributed by atoms with van der Waals surface area (Å²) in [7, 11) is 0. The van der Waals surface area contributed by atoms with Crippen molar-refractivity contribution in [3.8, 4) is 5.75 Å². The van der Waals surface area contributed by atoms with Crippen molar-refractivity contribution in [2.24, 2.45) is 0 Å². The molecule has 3 amide bonds. The van der Waals surface area contributed by atoms with Crippen LogP contribution in [0.5, 0.6) is 5.75 Å². The van der Waals surface area contributed by atoms with E-state index in [-0.39, 0.29) is 30.2 Å². The third kappa shape index (κ3) is 3.71. The molecule has 4 aliphatic rings. The second-order valence-corrected chi connectivity index (χ2v) is 9.03. The molecule has 160 valence electrons. The van der Waals surface area contributed by atoms with Gasteiger partial charge in [-0.25, -0.2) is 0 Å². The van der Waals surface area contributed by atoms with Gasteiger partial charge in [-0.1, -0.05) is 12.8 Å². The summed E-state index contributed by atoms with van der Waals surface area (Å²) in [6.07, 6.45) is 8.35. The van der Waals surface area contributed by atoms with E-state index >= 15 is 0 Å². The zero-order valence-electron chi connectivity index (χ0n) is 17.3. The number of piperidine rings is 2. The number of imide groups is 1. The summed E-state index contributed by atoms with van der Waals surface area (Å²) < 4.78 is 6.33. The number of amides is 3. The van der Waals surface area contributed by atoms with Crippen LogP contribution in [0.25, 0.3) is 0 Å². The number of benzene rings is 1. The van der Waals surface area contributed by atoms with Crippen molar-refractivity contribution in [1.29, 1.82) is 0 Å². The maximum atomic E-state index is 12.8. The van der Waals surface area contributed by atoms with Gasteiger partial charge in [-0.15, -0.1) is 0 Å². The number of carbonyl (C=O) groups is 3. The summed E-state index contributed by atoms with van der Waals surface area (Å²) in [5, 5.41) is 2.35. The topological polar surface area (TPSA) is 79.0 Å². The number of hydrogen-bond donors (Lipinski definition) is 1. The highest BCUT2D eigenvalue weighted by atomic mass is 16.5. The predicted octanol–water partition coefficient (Wildman–Crippen LogP) is 2.23. The number of nitrogens with one attached hydrogen (secondary N) is 1. The molecule has 3 aliphatic heterocycles. The van der Waals surface area contributed by atoms with Crippen LogP contribution in [0.1, 0.15) is 67.3 Å². The first kappa shape index (κ1) is 19.5. The van der Waals surface area contributed by atoms with Gasteiger partial charge in [-0.2, -0.15) is 0 Å². The number of ether oxygens (including phenoxy) is 1. The molecule has 1 aliphatic carbocycles. The molecule has 1 N–H and O–H groups in total. The Morgan fingerprint density at radius 3 is 2.63 bits per heavy atom. The molecule has 2 unspecified atom stereocenters. The molecule has 1 aromatic rings. The van der Waals surface area contributed by atoms with Gasteiger partial charge in [0.25, 0.3) is 5.91 Å². The molecule has 5 rings (SSSR count). The van der Waals surface area contributed by atoms with Gasteiger partial charge in [-0.05, 0) is 62.4 Å². The number of hydrogen-bond acceptors (Lipinski definition) is 5. The van der Waals surface area contributed by atoms with E-state index in [1.54, 1.807) is 4.90 Å². The Labute approximate surface area is 176 Å². The second-order valence-electron chi connectivity index (χ2n) is 9.03. The van der Waals surface area contributed by atoms with Crippen LogP contribution in [0, 0.1) is 0 Å². The third-order valence-electron chi connectivity index (χ3n) is 7.05. The maximum absolute atomic E-state index is 12.8. The lowest BCUT2D eigenvalue weighted by Crippen LogP contribution is -2.52. The zero-order chi connectivity index (χ0) is 20.7. The number of likely N-dealkylation sites (tertiary alicyclic amines) is 1. The van der Waals surface area contributed by atoms with E-state index in [1.807, 2.05) is 18.2 Å². The van der Waals surface area contributed by atoms with Crippen LogP contribution in [-0.4, -0.2) is 58.8 Å². The number of rotatable bonds is 4. The Bertz CT molecular complexity index is 864. The first-order valence-corrected chi connectivity index (χ1v) is 11.3. The molecule has 1 aromatic carbocycles. The molecule has 2 saturated heterocycles. The molecule has 0 aromatic heterocycles. The second kappa shape index (κ2) is 8.02. The van der Waals surface area contributed by atoms with E-state index in [0.29, 0.717) is 18.5 Å². The molecule has 2 atom stereocenters. The van der Waals surface area contributed by atoms with E-state index in [0.717, 1.165) is 36.7 Å². The minimum atomic E-state index is -0.578. The van der Waals surface area contributed by atoms with Crippen molar-refractivity contribution in [1.82, 2.24) is 15.1 Å². The molecule has 0 spiro atoms. The Hall–Kier alpha value is -2.41. The first-order valence-electron chi connectivity index (χ1n) is 11.3. The van der Waals surface area contributed by atoms with Crippen LogP contribution in [-0.2, 0) is 16.1 Å². The number of nitrogens with zero attached hydrogens (tertiary/aromatic N) is 2. The molecule has 1 saturated carbocycles. The number of fused-ring (bicyclic) bond motifs is 1. The molecule has 30 heavy (non-hydrogen) atoms. The fourth-order valence-corrected chi connectivity index (χ4v) is 5.48. The highest BCUT2D eigenvalue weighted by Crippen LogP contribution is 2.32. The summed E-state index contributed by atoms with van der Waals surface area (Å²) >= 11 is 0. The summed E-state index contributed by atoms with van der Waals surface area (Å²) in [5.41, 5.74) is 1.52. The summed E-state index contributed by atoms with van der Waals surface area (Å²) in [6, 6.07) is 5.78. The number of carbonyl (C=O) groups excluding carboxylic acids is 3. The summed E-state index contributed by atoms with van der Waals surface area (Å²) in [5.74, 6) is 0.00869. The van der Waals surface area contributed by atoms with E-state index < -0.39 is 6.04 Å². The van der Waals surface area contributed by atoms with Crippen LogP contribution >= 0.6 is 0 Å². The Balaban J connectivity index is 1.25. The lowest BCUT2D eigenvalue weighted by Gasteiger charge is -2.36. The van der Waals surface area contributed by atoms with Gasteiger partial charge < -0.3 is 9.64 Å². The monoisotopic (exact) mass is 411 g/mol. The predicted molar refractivity (Wildman–Crippen MR) is 110 cm³/mol. The smallest absolute Gasteiger partial charge is 0.255 e. The fraction of sp³-hybridized carbons (Fsp3) is 0.609. The van der Waals surface area contributed by atoms with Crippen molar-refractivity contribution >= 4 is 17.7 Å². The third-order valence-corrected chi connectivity index (χ3v) is 7.05. The quantitative estimate of drug-likeness (QED) is 0.769. The molecule has 0 bridgehead atoms. The summed E-state index contributed by atoms with van der Waals surface area (Å²) in [4.78, 5) is 40.6. The Kier molecular flexibility index (Phi) is 5.23. The SMILES string of the molecule is O=C1CCC(N2Cc3cc(OC4CCCN(C5CCCC5)C4)ccc3C2=O)C(=O)N1. The maximum Gasteiger partial charge on any atom is 0.255 e. The van der Waals surface area contributed by atoms with Gasteiger partial charge >= 0.3 is 0 Å². The van der Waals surface area contributed by atoms with Gasteiger partial charge in [-0.3, -0.25) is 24.6 Å². The minimum Gasteiger partial charge on any atom is -0.489 e. The molecular formula is C23H29N3O4. The lowest BCUT2D eigenvalue weighted by atomic mass is 10.0. The van der Waals surface area contributed by atoms with E-state index in [9.17, 15) is 14.4 Å². The Morgan fingerprint density at radius 2 is 1.83 bits per heavy atom. The van der Waals surface area contributed by atoms with Gasteiger partial charge in [0.15, 0.2) is 0 Å². The van der Waals surface area contributed by atoms with Crippen LogP contribution in [0.3, 0.4) is 0 Å². The molecule has 7 heteroatoms. The van der Waals surface area contributed by atoms with Crippen molar-refractivity contribution < 1.29 is 19.1 Å². The highest BCUT2D eigenvalue weighted by molar-refractivity contribution is 6.05. The molecule has 3 fully saturated rings. The van der Waals surface area contributed by atoms with Crippen molar-refractivity contribution in [3.05, 3.63) is 29.3 Å². The fourth-order valence-electron chi connectivity index (χ4n) is 5.48. The van der Waals surface area contributed by atoms with Crippen molar-refractivity contribution in [2.45, 2.75) is 76.1 Å². The van der Waals surface area contributed by atoms with Crippen LogP contribution < -0.4 is 10.1 Å². The van der Waals surface area contributed by atoms with Crippen LogP contribution in [0.2, 0.25) is 0 Å². The van der Waals surface area contributed by atoms with Gasteiger partial charge in [0.2, 0.25) is 11.8 Å². The van der Waals surface area contributed by atoms with Crippen LogP contribution in [0.4, 0.5) is 0 Å². The lowest BCUT2D eigenvalue weighted by molar-refractivity contribution is -0.136. The van der Waals surface area contributed by atoms with Gasteiger partial charge in [0.05, 0.1) is 0 Å². The normalized spacial score (nSPS) is 28.0. The standard InChI is InChI=1S/C23H29N3O4/c27-21-10-9-20(22(28)24-21)26-13-15-12-17(7-8-19(15)23(26)29)30-18-6-3-11-25(14-18)16-4-1-2-5-16/h7-8,12,16,18,20H,1-6,9-11,13-14H2,(H,24,27,28). The van der Waals surface area contributed by atoms with Gasteiger partial charge in [0.1, 0.15) is 17.9 Å². The van der Waals surface area contributed by atoms with Crippen LogP contribution in [0.15, 0.2) is 18.2 Å². The van der Waals surface area contributed by atoms with E-state index in [1.165, 1.54) is 32.2 Å². The highest BCUT2D eigenvalue weighted by Gasteiger charge is 2.39. The molecule has 3 heterocycles. The zero-order valence-corrected chi connectivity index (χ0v) is 17.3. The first-order chi connectivity index (χ1) is 14.6. The average Bonchev–Trinajstić information content (AvgIpc) is 3.37. The molecular weight excluding hydrogens is 382 g/mol. The summed E-state index contributed by atoms with van der Waals surface area (Å²) in [6.45, 7) is 2.53. The molecule has 0 radical (unpaired) electrons. The average molecular weight is 412 g/mol. The van der Waals surface area contributed by atoms with Crippen molar-refractivity contribution in [2.75, 3.05) is 13.1 Å².